The molecule has 3 aromatic rings. The summed E-state index contributed by atoms with van der Waals surface area (Å²) in [5, 5.41) is 5.58. The monoisotopic (exact) mass is 388 g/mol. The SMILES string of the molecule is Cc1cc(=O)[nH]c(NC(=S)NC(=O)c2ccc(-c3ccccc3Cl)o2)n1. The molecule has 2 aromatic heterocycles. The van der Waals surface area contributed by atoms with E-state index in [-0.39, 0.29) is 22.4 Å². The molecule has 0 atom stereocenters. The normalized spacial score (nSPS) is 10.4. The standard InChI is InChI=1S/C17H13ClN4O3S/c1-9-8-14(23)20-16(19-9)22-17(26)21-15(24)13-7-6-12(25-13)10-4-2-3-5-11(10)18/h2-8H,1H3,(H3,19,20,21,22,23,24,26). The number of hydrogen-bond donors (Lipinski definition) is 3. The summed E-state index contributed by atoms with van der Waals surface area (Å²) in [5.74, 6) is 0.117. The van der Waals surface area contributed by atoms with E-state index in [4.69, 9.17) is 28.2 Å². The van der Waals surface area contributed by atoms with Gasteiger partial charge >= 0.3 is 0 Å². The Kier molecular flexibility index (Phi) is 5.15. The summed E-state index contributed by atoms with van der Waals surface area (Å²) in [6, 6.07) is 11.6. The number of thiocarbonyl (C=S) groups is 1. The number of carbonyl (C=O) groups is 1. The third-order valence-corrected chi connectivity index (χ3v) is 3.83. The van der Waals surface area contributed by atoms with Gasteiger partial charge in [-0.05, 0) is 43.4 Å². The van der Waals surface area contributed by atoms with E-state index in [0.717, 1.165) is 0 Å². The lowest BCUT2D eigenvalue weighted by Crippen LogP contribution is -2.35. The van der Waals surface area contributed by atoms with Crippen LogP contribution in [0, 0.1) is 6.92 Å². The number of aryl methyl sites for hydroxylation is 1. The number of rotatable bonds is 3. The van der Waals surface area contributed by atoms with Crippen molar-refractivity contribution in [3.8, 4) is 11.3 Å². The highest BCUT2D eigenvalue weighted by atomic mass is 35.5. The second-order valence-electron chi connectivity index (χ2n) is 5.29. The molecule has 9 heteroatoms. The number of furan rings is 1. The smallest absolute Gasteiger partial charge is 0.293 e. The number of halogens is 1. The van der Waals surface area contributed by atoms with E-state index in [1.165, 1.54) is 12.1 Å². The van der Waals surface area contributed by atoms with Crippen molar-refractivity contribution in [1.82, 2.24) is 15.3 Å². The molecule has 3 rings (SSSR count). The van der Waals surface area contributed by atoms with Gasteiger partial charge in [-0.25, -0.2) is 4.98 Å². The molecule has 0 saturated carbocycles. The van der Waals surface area contributed by atoms with Crippen LogP contribution in [0.2, 0.25) is 5.02 Å². The van der Waals surface area contributed by atoms with Crippen LogP contribution in [0.4, 0.5) is 5.95 Å². The summed E-state index contributed by atoms with van der Waals surface area (Å²) in [4.78, 5) is 30.2. The summed E-state index contributed by atoms with van der Waals surface area (Å²) in [6.45, 7) is 1.67. The number of benzene rings is 1. The molecule has 0 spiro atoms. The predicted molar refractivity (Wildman–Crippen MR) is 102 cm³/mol. The lowest BCUT2D eigenvalue weighted by atomic mass is 10.2. The van der Waals surface area contributed by atoms with Gasteiger partial charge in [-0.2, -0.15) is 0 Å². The fraction of sp³-hybridized carbons (Fsp3) is 0.0588. The first-order valence-electron chi connectivity index (χ1n) is 7.47. The molecular weight excluding hydrogens is 376 g/mol. The molecule has 0 bridgehead atoms. The zero-order valence-electron chi connectivity index (χ0n) is 13.5. The number of aromatic nitrogens is 2. The van der Waals surface area contributed by atoms with Crippen molar-refractivity contribution in [3.63, 3.8) is 0 Å². The largest absolute Gasteiger partial charge is 0.451 e. The third kappa shape index (κ3) is 4.16. The Morgan fingerprint density at radius 3 is 2.77 bits per heavy atom. The first kappa shape index (κ1) is 17.8. The Morgan fingerprint density at radius 2 is 2.04 bits per heavy atom. The molecule has 0 aliphatic rings. The summed E-state index contributed by atoms with van der Waals surface area (Å²) in [7, 11) is 0. The summed E-state index contributed by atoms with van der Waals surface area (Å²) in [6.07, 6.45) is 0. The van der Waals surface area contributed by atoms with Gasteiger partial charge in [0.25, 0.3) is 11.5 Å². The van der Waals surface area contributed by atoms with Gasteiger partial charge in [0, 0.05) is 17.3 Å². The summed E-state index contributed by atoms with van der Waals surface area (Å²) < 4.78 is 5.54. The minimum absolute atomic E-state index is 0.0283. The number of aromatic amines is 1. The number of nitrogens with zero attached hydrogens (tertiary/aromatic N) is 1. The summed E-state index contributed by atoms with van der Waals surface area (Å²) >= 11 is 11.2. The molecule has 0 fully saturated rings. The second kappa shape index (κ2) is 7.51. The lowest BCUT2D eigenvalue weighted by Gasteiger charge is -2.07. The van der Waals surface area contributed by atoms with E-state index in [1.807, 2.05) is 6.07 Å². The molecule has 0 aliphatic carbocycles. The van der Waals surface area contributed by atoms with Crippen LogP contribution in [0.3, 0.4) is 0 Å². The third-order valence-electron chi connectivity index (χ3n) is 3.30. The molecule has 3 N–H and O–H groups in total. The zero-order chi connectivity index (χ0) is 18.7. The quantitative estimate of drug-likeness (QED) is 0.596. The van der Waals surface area contributed by atoms with Crippen molar-refractivity contribution in [2.75, 3.05) is 5.32 Å². The van der Waals surface area contributed by atoms with Gasteiger partial charge < -0.3 is 9.73 Å². The number of anilines is 1. The number of H-pyrrole nitrogens is 1. The zero-order valence-corrected chi connectivity index (χ0v) is 15.1. The van der Waals surface area contributed by atoms with Crippen molar-refractivity contribution in [3.05, 3.63) is 69.3 Å². The average molecular weight is 389 g/mol. The van der Waals surface area contributed by atoms with E-state index in [0.29, 0.717) is 22.0 Å². The van der Waals surface area contributed by atoms with Crippen LogP contribution < -0.4 is 16.2 Å². The summed E-state index contributed by atoms with van der Waals surface area (Å²) in [5.41, 5.74) is 0.862. The van der Waals surface area contributed by atoms with Gasteiger partial charge in [-0.3, -0.25) is 19.9 Å². The molecule has 0 aliphatic heterocycles. The molecule has 1 aromatic carbocycles. The number of nitrogens with one attached hydrogen (secondary N) is 3. The van der Waals surface area contributed by atoms with Crippen LogP contribution in [-0.2, 0) is 0 Å². The second-order valence-corrected chi connectivity index (χ2v) is 6.10. The van der Waals surface area contributed by atoms with E-state index < -0.39 is 5.91 Å². The topological polar surface area (TPSA) is 100 Å². The fourth-order valence-electron chi connectivity index (χ4n) is 2.21. The van der Waals surface area contributed by atoms with Gasteiger partial charge in [-0.15, -0.1) is 0 Å². The van der Waals surface area contributed by atoms with Crippen LogP contribution in [0.5, 0.6) is 0 Å². The molecule has 7 nitrogen and oxygen atoms in total. The van der Waals surface area contributed by atoms with Crippen molar-refractivity contribution in [2.24, 2.45) is 0 Å². The van der Waals surface area contributed by atoms with Gasteiger partial charge in [0.1, 0.15) is 5.76 Å². The maximum atomic E-state index is 12.3. The van der Waals surface area contributed by atoms with Crippen molar-refractivity contribution < 1.29 is 9.21 Å². The van der Waals surface area contributed by atoms with Crippen LogP contribution in [-0.4, -0.2) is 21.0 Å². The van der Waals surface area contributed by atoms with Gasteiger partial charge in [0.2, 0.25) is 5.95 Å². The molecule has 26 heavy (non-hydrogen) atoms. The first-order chi connectivity index (χ1) is 12.4. The van der Waals surface area contributed by atoms with E-state index in [9.17, 15) is 9.59 Å². The van der Waals surface area contributed by atoms with Gasteiger partial charge in [0.15, 0.2) is 10.9 Å². The molecule has 0 unspecified atom stereocenters. The Balaban J connectivity index is 1.69. The van der Waals surface area contributed by atoms with Crippen molar-refractivity contribution in [2.45, 2.75) is 6.92 Å². The maximum absolute atomic E-state index is 12.3. The minimum atomic E-state index is -0.546. The Bertz CT molecular complexity index is 1040. The molecule has 2 heterocycles. The van der Waals surface area contributed by atoms with E-state index in [2.05, 4.69) is 20.6 Å². The number of hydrogen-bond acceptors (Lipinski definition) is 5. The maximum Gasteiger partial charge on any atom is 0.293 e. The number of amides is 1. The molecule has 0 radical (unpaired) electrons. The van der Waals surface area contributed by atoms with Crippen molar-refractivity contribution in [1.29, 1.82) is 0 Å². The Hall–Kier alpha value is -2.97. The fourth-order valence-corrected chi connectivity index (χ4v) is 2.63. The lowest BCUT2D eigenvalue weighted by molar-refractivity contribution is 0.0951. The molecule has 132 valence electrons. The Morgan fingerprint density at radius 1 is 1.27 bits per heavy atom. The molecular formula is C17H13ClN4O3S. The van der Waals surface area contributed by atoms with Crippen LogP contribution in [0.25, 0.3) is 11.3 Å². The Labute approximate surface area is 158 Å². The van der Waals surface area contributed by atoms with E-state index >= 15 is 0 Å². The highest BCUT2D eigenvalue weighted by molar-refractivity contribution is 7.80. The van der Waals surface area contributed by atoms with Gasteiger partial charge in [0.05, 0.1) is 5.02 Å². The van der Waals surface area contributed by atoms with Gasteiger partial charge in [-0.1, -0.05) is 23.7 Å². The van der Waals surface area contributed by atoms with Crippen LogP contribution in [0.15, 0.2) is 51.7 Å². The van der Waals surface area contributed by atoms with Crippen LogP contribution >= 0.6 is 23.8 Å². The predicted octanol–water partition coefficient (Wildman–Crippen LogP) is 3.12. The van der Waals surface area contributed by atoms with Crippen LogP contribution in [0.1, 0.15) is 16.2 Å². The molecule has 1 amide bonds. The minimum Gasteiger partial charge on any atom is -0.451 e. The van der Waals surface area contributed by atoms with Crippen molar-refractivity contribution >= 4 is 40.8 Å². The first-order valence-corrected chi connectivity index (χ1v) is 8.26. The molecule has 0 saturated heterocycles. The van der Waals surface area contributed by atoms with E-state index in [1.54, 1.807) is 31.2 Å². The number of carbonyl (C=O) groups excluding carboxylic acids is 1. The average Bonchev–Trinajstić information content (AvgIpc) is 3.04. The highest BCUT2D eigenvalue weighted by Crippen LogP contribution is 2.28. The highest BCUT2D eigenvalue weighted by Gasteiger charge is 2.15.